The lowest BCUT2D eigenvalue weighted by Gasteiger charge is -2.29. The van der Waals surface area contributed by atoms with Gasteiger partial charge in [0.25, 0.3) is 0 Å². The fourth-order valence-electron chi connectivity index (χ4n) is 5.10. The molecule has 2 amide bonds. The summed E-state index contributed by atoms with van der Waals surface area (Å²) < 4.78 is 0. The largest absolute Gasteiger partial charge is 0.353 e. The molecule has 0 heterocycles. The van der Waals surface area contributed by atoms with Crippen molar-refractivity contribution in [2.75, 3.05) is 0 Å². The lowest BCUT2D eigenvalue weighted by atomic mass is 9.80. The molecule has 0 radical (unpaired) electrons. The minimum atomic E-state index is 0.125. The number of hydrogen-bond acceptors (Lipinski definition) is 2. The van der Waals surface area contributed by atoms with E-state index in [1.54, 1.807) is 0 Å². The predicted molar refractivity (Wildman–Crippen MR) is 105 cm³/mol. The number of hydrogen-bond donors (Lipinski definition) is 2. The van der Waals surface area contributed by atoms with Crippen LogP contribution in [0.1, 0.15) is 103 Å². The van der Waals surface area contributed by atoms with Gasteiger partial charge >= 0.3 is 0 Å². The zero-order valence-corrected chi connectivity index (χ0v) is 16.4. The molecule has 4 nitrogen and oxygen atoms in total. The SMILES string of the molecule is O=C(NC1CCCCCC1)C1CCC(C(=O)NC2CCCCCC2)CC1. The molecule has 0 aliphatic heterocycles. The summed E-state index contributed by atoms with van der Waals surface area (Å²) >= 11 is 0. The maximum Gasteiger partial charge on any atom is 0.223 e. The van der Waals surface area contributed by atoms with Crippen LogP contribution >= 0.6 is 0 Å². The van der Waals surface area contributed by atoms with E-state index in [1.807, 2.05) is 0 Å². The van der Waals surface area contributed by atoms with E-state index in [4.69, 9.17) is 0 Å². The van der Waals surface area contributed by atoms with Crippen LogP contribution in [0.25, 0.3) is 0 Å². The first-order valence-electron chi connectivity index (χ1n) is 11.3. The number of amides is 2. The zero-order chi connectivity index (χ0) is 18.2. The third-order valence-corrected chi connectivity index (χ3v) is 6.87. The van der Waals surface area contributed by atoms with Crippen LogP contribution < -0.4 is 10.6 Å². The van der Waals surface area contributed by atoms with E-state index in [-0.39, 0.29) is 23.7 Å². The van der Waals surface area contributed by atoms with Crippen LogP contribution in [0.4, 0.5) is 0 Å². The monoisotopic (exact) mass is 362 g/mol. The minimum absolute atomic E-state index is 0.125. The van der Waals surface area contributed by atoms with Crippen LogP contribution in [0.2, 0.25) is 0 Å². The molecule has 0 saturated heterocycles. The predicted octanol–water partition coefficient (Wildman–Crippen LogP) is 4.47. The van der Waals surface area contributed by atoms with Crippen LogP contribution in [-0.2, 0) is 9.59 Å². The molecule has 3 rings (SSSR count). The molecular formula is C22H38N2O2. The molecule has 0 atom stereocenters. The van der Waals surface area contributed by atoms with Crippen molar-refractivity contribution >= 4 is 11.8 Å². The lowest BCUT2D eigenvalue weighted by Crippen LogP contribution is -2.43. The Morgan fingerprint density at radius 1 is 0.462 bits per heavy atom. The fraction of sp³-hybridized carbons (Fsp3) is 0.909. The standard InChI is InChI=1S/C22H38N2O2/c25-21(23-19-9-5-1-2-6-10-19)17-13-15-18(16-14-17)22(26)24-20-11-7-3-4-8-12-20/h17-20H,1-16H2,(H,23,25)(H,24,26). The Labute approximate surface area is 159 Å². The summed E-state index contributed by atoms with van der Waals surface area (Å²) in [6.45, 7) is 0. The lowest BCUT2D eigenvalue weighted by molar-refractivity contribution is -0.131. The summed E-state index contributed by atoms with van der Waals surface area (Å²) in [4.78, 5) is 25.2. The van der Waals surface area contributed by atoms with E-state index < -0.39 is 0 Å². The summed E-state index contributed by atoms with van der Waals surface area (Å²) in [6, 6.07) is 0.780. The quantitative estimate of drug-likeness (QED) is 0.725. The third-order valence-electron chi connectivity index (χ3n) is 6.87. The normalized spacial score (nSPS) is 29.4. The number of rotatable bonds is 4. The Morgan fingerprint density at radius 2 is 0.769 bits per heavy atom. The smallest absolute Gasteiger partial charge is 0.223 e. The van der Waals surface area contributed by atoms with Crippen LogP contribution in [-0.4, -0.2) is 23.9 Å². The third kappa shape index (κ3) is 5.99. The molecule has 0 aromatic carbocycles. The molecule has 0 bridgehead atoms. The maximum absolute atomic E-state index is 12.6. The minimum Gasteiger partial charge on any atom is -0.353 e. The second-order valence-electron chi connectivity index (χ2n) is 8.94. The van der Waals surface area contributed by atoms with E-state index in [0.717, 1.165) is 51.4 Å². The summed E-state index contributed by atoms with van der Waals surface area (Å²) in [6.07, 6.45) is 18.3. The van der Waals surface area contributed by atoms with Gasteiger partial charge in [0.15, 0.2) is 0 Å². The van der Waals surface area contributed by atoms with E-state index >= 15 is 0 Å². The highest BCUT2D eigenvalue weighted by Crippen LogP contribution is 2.30. The maximum atomic E-state index is 12.6. The molecule has 148 valence electrons. The first-order chi connectivity index (χ1) is 12.7. The Kier molecular flexibility index (Phi) is 7.82. The van der Waals surface area contributed by atoms with Gasteiger partial charge in [-0.2, -0.15) is 0 Å². The molecule has 0 spiro atoms. The highest BCUT2D eigenvalue weighted by atomic mass is 16.2. The molecular weight excluding hydrogens is 324 g/mol. The van der Waals surface area contributed by atoms with Gasteiger partial charge in [0, 0.05) is 23.9 Å². The van der Waals surface area contributed by atoms with Crippen molar-refractivity contribution in [1.29, 1.82) is 0 Å². The van der Waals surface area contributed by atoms with Gasteiger partial charge < -0.3 is 10.6 Å². The summed E-state index contributed by atoms with van der Waals surface area (Å²) in [5.74, 6) is 0.749. The van der Waals surface area contributed by atoms with Crippen LogP contribution in [0, 0.1) is 11.8 Å². The Bertz CT molecular complexity index is 399. The van der Waals surface area contributed by atoms with E-state index in [2.05, 4.69) is 10.6 Å². The van der Waals surface area contributed by atoms with Gasteiger partial charge in [-0.15, -0.1) is 0 Å². The Morgan fingerprint density at radius 3 is 1.08 bits per heavy atom. The van der Waals surface area contributed by atoms with Crippen molar-refractivity contribution in [3.8, 4) is 0 Å². The van der Waals surface area contributed by atoms with Gasteiger partial charge in [-0.3, -0.25) is 9.59 Å². The Balaban J connectivity index is 1.38. The number of carbonyl (C=O) groups is 2. The van der Waals surface area contributed by atoms with Gasteiger partial charge in [-0.1, -0.05) is 51.4 Å². The van der Waals surface area contributed by atoms with E-state index in [0.29, 0.717) is 12.1 Å². The van der Waals surface area contributed by atoms with Crippen LogP contribution in [0.3, 0.4) is 0 Å². The average Bonchev–Trinajstić information content (AvgIpc) is 3.07. The second-order valence-corrected chi connectivity index (χ2v) is 8.94. The molecule has 0 aromatic rings. The molecule has 26 heavy (non-hydrogen) atoms. The van der Waals surface area contributed by atoms with Crippen molar-refractivity contribution in [2.45, 2.75) is 115 Å². The van der Waals surface area contributed by atoms with Gasteiger partial charge in [0.2, 0.25) is 11.8 Å². The highest BCUT2D eigenvalue weighted by Gasteiger charge is 2.31. The molecule has 0 aromatic heterocycles. The van der Waals surface area contributed by atoms with Crippen molar-refractivity contribution in [3.63, 3.8) is 0 Å². The number of carbonyl (C=O) groups excluding carboxylic acids is 2. The Hall–Kier alpha value is -1.06. The fourth-order valence-corrected chi connectivity index (χ4v) is 5.10. The van der Waals surface area contributed by atoms with Gasteiger partial charge in [0.1, 0.15) is 0 Å². The molecule has 3 aliphatic carbocycles. The van der Waals surface area contributed by atoms with Crippen molar-refractivity contribution < 1.29 is 9.59 Å². The molecule has 2 N–H and O–H groups in total. The summed E-state index contributed by atoms with van der Waals surface area (Å²) in [5, 5.41) is 6.61. The van der Waals surface area contributed by atoms with Crippen LogP contribution in [0.15, 0.2) is 0 Å². The van der Waals surface area contributed by atoms with Crippen molar-refractivity contribution in [2.24, 2.45) is 11.8 Å². The first kappa shape index (κ1) is 19.7. The topological polar surface area (TPSA) is 58.2 Å². The summed E-state index contributed by atoms with van der Waals surface area (Å²) in [7, 11) is 0. The van der Waals surface area contributed by atoms with Crippen molar-refractivity contribution in [1.82, 2.24) is 10.6 Å². The van der Waals surface area contributed by atoms with Gasteiger partial charge in [-0.25, -0.2) is 0 Å². The molecule has 3 fully saturated rings. The number of nitrogens with one attached hydrogen (secondary N) is 2. The molecule has 3 saturated carbocycles. The summed E-state index contributed by atoms with van der Waals surface area (Å²) in [5.41, 5.74) is 0. The molecule has 0 unspecified atom stereocenters. The van der Waals surface area contributed by atoms with Gasteiger partial charge in [0.05, 0.1) is 0 Å². The second kappa shape index (κ2) is 10.3. The van der Waals surface area contributed by atoms with Crippen molar-refractivity contribution in [3.05, 3.63) is 0 Å². The van der Waals surface area contributed by atoms with E-state index in [1.165, 1.54) is 51.4 Å². The molecule has 4 heteroatoms. The molecule has 3 aliphatic rings. The van der Waals surface area contributed by atoms with E-state index in [9.17, 15) is 9.59 Å². The van der Waals surface area contributed by atoms with Gasteiger partial charge in [-0.05, 0) is 51.4 Å². The average molecular weight is 363 g/mol. The highest BCUT2D eigenvalue weighted by molar-refractivity contribution is 5.81. The first-order valence-corrected chi connectivity index (χ1v) is 11.3. The zero-order valence-electron chi connectivity index (χ0n) is 16.4. The van der Waals surface area contributed by atoms with Crippen LogP contribution in [0.5, 0.6) is 0 Å².